The van der Waals surface area contributed by atoms with E-state index in [1.54, 1.807) is 13.2 Å². The zero-order valence-corrected chi connectivity index (χ0v) is 9.78. The normalized spacial score (nSPS) is 10.1. The molecule has 0 unspecified atom stereocenters. The maximum absolute atomic E-state index is 5.90. The molecule has 0 bridgehead atoms. The lowest BCUT2D eigenvalue weighted by Gasteiger charge is -2.19. The first-order valence-electron chi connectivity index (χ1n) is 3.97. The second kappa shape index (κ2) is 4.15. The molecule has 0 aliphatic rings. The Kier molecular flexibility index (Phi) is 3.34. The van der Waals surface area contributed by atoms with Crippen molar-refractivity contribution in [3.05, 3.63) is 16.1 Å². The number of nitrogens with zero attached hydrogens (tertiary/aromatic N) is 1. The number of hydrogen-bond donors (Lipinski definition) is 1. The minimum atomic E-state index is 0.328. The van der Waals surface area contributed by atoms with Gasteiger partial charge >= 0.3 is 0 Å². The number of nitrogens with two attached hydrogens (primary N) is 1. The van der Waals surface area contributed by atoms with Crippen LogP contribution < -0.4 is 15.4 Å². The van der Waals surface area contributed by atoms with Gasteiger partial charge in [0.1, 0.15) is 0 Å². The van der Waals surface area contributed by atoms with Crippen LogP contribution >= 0.6 is 23.2 Å². The minimum Gasteiger partial charge on any atom is -0.492 e. The summed E-state index contributed by atoms with van der Waals surface area (Å²) >= 11 is 11.8. The Bertz CT molecular complexity index is 353. The van der Waals surface area contributed by atoms with Crippen LogP contribution in [0.4, 0.5) is 11.4 Å². The number of halogens is 2. The summed E-state index contributed by atoms with van der Waals surface area (Å²) in [5.74, 6) is 0.546. The molecule has 78 valence electrons. The standard InChI is InChI=1S/C9H12Cl2N2O/c1-13(2)6-4-5(10)7(11)8(12)9(6)14-3/h4H,12H2,1-3H3. The lowest BCUT2D eigenvalue weighted by molar-refractivity contribution is 0.417. The minimum absolute atomic E-state index is 0.328. The number of rotatable bonds is 2. The first kappa shape index (κ1) is 11.3. The molecule has 0 aliphatic heterocycles. The second-order valence-electron chi connectivity index (χ2n) is 3.03. The highest BCUT2D eigenvalue weighted by molar-refractivity contribution is 6.44. The highest BCUT2D eigenvalue weighted by Gasteiger charge is 2.15. The quantitative estimate of drug-likeness (QED) is 0.801. The average Bonchev–Trinajstić information content (AvgIpc) is 2.13. The Morgan fingerprint density at radius 3 is 2.36 bits per heavy atom. The van der Waals surface area contributed by atoms with Crippen molar-refractivity contribution in [3.8, 4) is 5.75 Å². The van der Waals surface area contributed by atoms with Crippen molar-refractivity contribution in [3.63, 3.8) is 0 Å². The topological polar surface area (TPSA) is 38.5 Å². The number of ether oxygens (including phenoxy) is 1. The molecule has 14 heavy (non-hydrogen) atoms. The first-order valence-corrected chi connectivity index (χ1v) is 4.73. The predicted octanol–water partition coefficient (Wildman–Crippen LogP) is 2.65. The number of hydrogen-bond acceptors (Lipinski definition) is 3. The van der Waals surface area contributed by atoms with Gasteiger partial charge in [-0.2, -0.15) is 0 Å². The third-order valence-electron chi connectivity index (χ3n) is 1.87. The van der Waals surface area contributed by atoms with E-state index in [0.29, 0.717) is 21.5 Å². The second-order valence-corrected chi connectivity index (χ2v) is 3.82. The van der Waals surface area contributed by atoms with Gasteiger partial charge in [0, 0.05) is 14.1 Å². The van der Waals surface area contributed by atoms with Crippen LogP contribution in [0, 0.1) is 0 Å². The van der Waals surface area contributed by atoms with E-state index < -0.39 is 0 Å². The molecular weight excluding hydrogens is 223 g/mol. The molecular formula is C9H12Cl2N2O. The van der Waals surface area contributed by atoms with Crippen molar-refractivity contribution in [1.82, 2.24) is 0 Å². The molecule has 5 heteroatoms. The van der Waals surface area contributed by atoms with Crippen LogP contribution in [0.5, 0.6) is 5.75 Å². The fourth-order valence-corrected chi connectivity index (χ4v) is 1.51. The van der Waals surface area contributed by atoms with Crippen molar-refractivity contribution in [2.45, 2.75) is 0 Å². The van der Waals surface area contributed by atoms with Crippen LogP contribution in [-0.4, -0.2) is 21.2 Å². The van der Waals surface area contributed by atoms with Gasteiger partial charge in [-0.25, -0.2) is 0 Å². The van der Waals surface area contributed by atoms with Crippen molar-refractivity contribution in [2.24, 2.45) is 0 Å². The maximum atomic E-state index is 5.90. The van der Waals surface area contributed by atoms with Gasteiger partial charge in [0.2, 0.25) is 0 Å². The van der Waals surface area contributed by atoms with Crippen LogP contribution in [0.2, 0.25) is 10.0 Å². The van der Waals surface area contributed by atoms with Crippen LogP contribution in [0.1, 0.15) is 0 Å². The molecule has 0 radical (unpaired) electrons. The summed E-state index contributed by atoms with van der Waals surface area (Å²) in [5, 5.41) is 0.753. The molecule has 3 nitrogen and oxygen atoms in total. The summed E-state index contributed by atoms with van der Waals surface area (Å²) in [6.45, 7) is 0. The maximum Gasteiger partial charge on any atom is 0.166 e. The lowest BCUT2D eigenvalue weighted by Crippen LogP contribution is -2.11. The van der Waals surface area contributed by atoms with Crippen molar-refractivity contribution >= 4 is 34.6 Å². The van der Waals surface area contributed by atoms with Crippen molar-refractivity contribution < 1.29 is 4.74 Å². The largest absolute Gasteiger partial charge is 0.492 e. The van der Waals surface area contributed by atoms with Crippen LogP contribution in [0.15, 0.2) is 6.07 Å². The van der Waals surface area contributed by atoms with Crippen molar-refractivity contribution in [1.29, 1.82) is 0 Å². The molecule has 0 amide bonds. The smallest absolute Gasteiger partial charge is 0.166 e. The molecule has 1 aromatic carbocycles. The Labute approximate surface area is 93.3 Å². The molecule has 0 aliphatic carbocycles. The van der Waals surface area contributed by atoms with Crippen LogP contribution in [-0.2, 0) is 0 Å². The van der Waals surface area contributed by atoms with Crippen LogP contribution in [0.25, 0.3) is 0 Å². The molecule has 0 fully saturated rings. The average molecular weight is 235 g/mol. The highest BCUT2D eigenvalue weighted by atomic mass is 35.5. The zero-order valence-electron chi connectivity index (χ0n) is 8.27. The Hall–Kier alpha value is -0.800. The molecule has 0 atom stereocenters. The Morgan fingerprint density at radius 2 is 1.93 bits per heavy atom. The highest BCUT2D eigenvalue weighted by Crippen LogP contribution is 2.42. The van der Waals surface area contributed by atoms with E-state index in [-0.39, 0.29) is 0 Å². The third-order valence-corrected chi connectivity index (χ3v) is 2.67. The van der Waals surface area contributed by atoms with E-state index in [4.69, 9.17) is 33.7 Å². The van der Waals surface area contributed by atoms with E-state index in [1.807, 2.05) is 19.0 Å². The Morgan fingerprint density at radius 1 is 1.36 bits per heavy atom. The SMILES string of the molecule is COc1c(N(C)C)cc(Cl)c(Cl)c1N. The summed E-state index contributed by atoms with van der Waals surface area (Å²) in [6, 6.07) is 1.72. The van der Waals surface area contributed by atoms with Gasteiger partial charge in [0.05, 0.1) is 28.5 Å². The van der Waals surface area contributed by atoms with E-state index in [0.717, 1.165) is 5.69 Å². The molecule has 2 N–H and O–H groups in total. The summed E-state index contributed by atoms with van der Waals surface area (Å²) in [7, 11) is 5.30. The number of anilines is 2. The number of methoxy groups -OCH3 is 1. The van der Waals surface area contributed by atoms with Gasteiger partial charge in [0.25, 0.3) is 0 Å². The molecule has 0 aromatic heterocycles. The Balaban J connectivity index is 3.43. The number of nitrogen functional groups attached to an aromatic ring is 1. The van der Waals surface area contributed by atoms with Gasteiger partial charge < -0.3 is 15.4 Å². The fourth-order valence-electron chi connectivity index (χ4n) is 1.16. The van der Waals surface area contributed by atoms with Gasteiger partial charge in [-0.05, 0) is 6.07 Å². The first-order chi connectivity index (χ1) is 6.49. The van der Waals surface area contributed by atoms with Gasteiger partial charge in [-0.1, -0.05) is 23.2 Å². The van der Waals surface area contributed by atoms with Gasteiger partial charge in [-0.3, -0.25) is 0 Å². The summed E-state index contributed by atoms with van der Waals surface area (Å²) in [5.41, 5.74) is 6.94. The molecule has 1 rings (SSSR count). The number of benzene rings is 1. The van der Waals surface area contributed by atoms with Gasteiger partial charge in [-0.15, -0.1) is 0 Å². The molecule has 1 aromatic rings. The molecule has 0 saturated heterocycles. The van der Waals surface area contributed by atoms with E-state index >= 15 is 0 Å². The molecule has 0 spiro atoms. The monoisotopic (exact) mass is 234 g/mol. The third kappa shape index (κ3) is 1.83. The summed E-state index contributed by atoms with van der Waals surface area (Å²) in [4.78, 5) is 1.86. The van der Waals surface area contributed by atoms with E-state index in [2.05, 4.69) is 0 Å². The van der Waals surface area contributed by atoms with Crippen molar-refractivity contribution in [2.75, 3.05) is 31.8 Å². The van der Waals surface area contributed by atoms with E-state index in [1.165, 1.54) is 0 Å². The van der Waals surface area contributed by atoms with Gasteiger partial charge in [0.15, 0.2) is 5.75 Å². The zero-order chi connectivity index (χ0) is 10.9. The van der Waals surface area contributed by atoms with Crippen LogP contribution in [0.3, 0.4) is 0 Å². The molecule has 0 heterocycles. The summed E-state index contributed by atoms with van der Waals surface area (Å²) in [6.07, 6.45) is 0. The summed E-state index contributed by atoms with van der Waals surface area (Å²) < 4.78 is 5.16. The lowest BCUT2D eigenvalue weighted by atomic mass is 10.2. The van der Waals surface area contributed by atoms with E-state index in [9.17, 15) is 0 Å². The predicted molar refractivity (Wildman–Crippen MR) is 61.8 cm³/mol. The molecule has 0 saturated carbocycles. The fraction of sp³-hybridized carbons (Fsp3) is 0.333.